The molecule has 0 spiro atoms. The van der Waals surface area contributed by atoms with Crippen LogP contribution in [0, 0.1) is 6.92 Å². The average molecular weight is 334 g/mol. The van der Waals surface area contributed by atoms with Crippen LogP contribution in [-0.2, 0) is 6.61 Å². The minimum atomic E-state index is 0.509. The first-order valence-electron chi connectivity index (χ1n) is 8.21. The van der Waals surface area contributed by atoms with Crippen LogP contribution in [0.25, 0.3) is 11.3 Å². The molecule has 25 heavy (non-hydrogen) atoms. The molecule has 0 amide bonds. The minimum absolute atomic E-state index is 0.509. The molecule has 3 rings (SSSR count). The van der Waals surface area contributed by atoms with Gasteiger partial charge in [0, 0.05) is 36.1 Å². The Kier molecular flexibility index (Phi) is 5.19. The highest BCUT2D eigenvalue weighted by Gasteiger charge is 2.07. The zero-order valence-electron chi connectivity index (χ0n) is 14.7. The molecule has 128 valence electrons. The van der Waals surface area contributed by atoms with Crippen LogP contribution in [0.1, 0.15) is 11.1 Å². The molecule has 4 heteroatoms. The summed E-state index contributed by atoms with van der Waals surface area (Å²) in [5.74, 6) is 1.63. The standard InChI is InChI=1S/C21H22N2O2/c1-15-5-4-6-20(22-2)19(15)14-25-18-11-12-23-21(13-18)16-7-9-17(24-3)10-8-16/h4-13,22H,14H2,1-3H3. The van der Waals surface area contributed by atoms with E-state index in [-0.39, 0.29) is 0 Å². The van der Waals surface area contributed by atoms with Crippen LogP contribution in [-0.4, -0.2) is 19.1 Å². The number of ether oxygens (including phenoxy) is 2. The molecule has 0 aliphatic carbocycles. The van der Waals surface area contributed by atoms with Crippen LogP contribution in [0.15, 0.2) is 60.8 Å². The third kappa shape index (κ3) is 3.91. The number of anilines is 1. The van der Waals surface area contributed by atoms with Crippen LogP contribution in [0.4, 0.5) is 5.69 Å². The number of rotatable bonds is 6. The minimum Gasteiger partial charge on any atom is -0.497 e. The lowest BCUT2D eigenvalue weighted by molar-refractivity contribution is 0.306. The van der Waals surface area contributed by atoms with Crippen molar-refractivity contribution in [3.05, 3.63) is 71.9 Å². The Hall–Kier alpha value is -3.01. The van der Waals surface area contributed by atoms with Crippen molar-refractivity contribution in [3.63, 3.8) is 0 Å². The van der Waals surface area contributed by atoms with Crippen LogP contribution >= 0.6 is 0 Å². The van der Waals surface area contributed by atoms with Gasteiger partial charge < -0.3 is 14.8 Å². The molecule has 0 aliphatic heterocycles. The van der Waals surface area contributed by atoms with Crippen molar-refractivity contribution in [1.29, 1.82) is 0 Å². The highest BCUT2D eigenvalue weighted by molar-refractivity contribution is 5.61. The summed E-state index contributed by atoms with van der Waals surface area (Å²) in [4.78, 5) is 4.44. The normalized spacial score (nSPS) is 10.4. The van der Waals surface area contributed by atoms with E-state index in [1.165, 1.54) is 5.56 Å². The fourth-order valence-electron chi connectivity index (χ4n) is 2.70. The van der Waals surface area contributed by atoms with E-state index >= 15 is 0 Å². The number of nitrogens with one attached hydrogen (secondary N) is 1. The molecule has 0 saturated heterocycles. The smallest absolute Gasteiger partial charge is 0.123 e. The van der Waals surface area contributed by atoms with E-state index in [1.807, 2.05) is 49.5 Å². The SMILES string of the molecule is CNc1cccc(C)c1COc1ccnc(-c2ccc(OC)cc2)c1. The number of methoxy groups -OCH3 is 1. The summed E-state index contributed by atoms with van der Waals surface area (Å²) in [6, 6.07) is 17.9. The molecule has 0 fully saturated rings. The van der Waals surface area contributed by atoms with Gasteiger partial charge in [-0.1, -0.05) is 12.1 Å². The van der Waals surface area contributed by atoms with Gasteiger partial charge >= 0.3 is 0 Å². The molecule has 3 aromatic rings. The van der Waals surface area contributed by atoms with Crippen molar-refractivity contribution in [2.45, 2.75) is 13.5 Å². The van der Waals surface area contributed by atoms with E-state index in [1.54, 1.807) is 13.3 Å². The zero-order valence-corrected chi connectivity index (χ0v) is 14.7. The molecule has 0 bridgehead atoms. The number of aryl methyl sites for hydroxylation is 1. The van der Waals surface area contributed by atoms with E-state index in [0.29, 0.717) is 6.61 Å². The van der Waals surface area contributed by atoms with Gasteiger partial charge in [0.1, 0.15) is 18.1 Å². The first-order chi connectivity index (χ1) is 12.2. The fraction of sp³-hybridized carbons (Fsp3) is 0.190. The van der Waals surface area contributed by atoms with Crippen LogP contribution in [0.5, 0.6) is 11.5 Å². The Balaban J connectivity index is 1.78. The quantitative estimate of drug-likeness (QED) is 0.710. The molecule has 0 aliphatic rings. The maximum Gasteiger partial charge on any atom is 0.123 e. The molecule has 0 atom stereocenters. The predicted octanol–water partition coefficient (Wildman–Crippen LogP) is 4.69. The van der Waals surface area contributed by atoms with Gasteiger partial charge in [0.05, 0.1) is 12.8 Å². The largest absolute Gasteiger partial charge is 0.497 e. The zero-order chi connectivity index (χ0) is 17.6. The number of nitrogens with zero attached hydrogens (tertiary/aromatic N) is 1. The van der Waals surface area contributed by atoms with Crippen molar-refractivity contribution in [2.75, 3.05) is 19.5 Å². The van der Waals surface area contributed by atoms with Crippen molar-refractivity contribution in [1.82, 2.24) is 4.98 Å². The number of benzene rings is 2. The van der Waals surface area contributed by atoms with Crippen molar-refractivity contribution >= 4 is 5.69 Å². The van der Waals surface area contributed by atoms with Gasteiger partial charge in [0.25, 0.3) is 0 Å². The summed E-state index contributed by atoms with van der Waals surface area (Å²) in [5.41, 5.74) is 5.35. The van der Waals surface area contributed by atoms with Crippen molar-refractivity contribution in [2.24, 2.45) is 0 Å². The Morgan fingerprint density at radius 2 is 1.80 bits per heavy atom. The van der Waals surface area contributed by atoms with Crippen LogP contribution in [0.3, 0.4) is 0 Å². The van der Waals surface area contributed by atoms with E-state index in [2.05, 4.69) is 29.4 Å². The molecular weight excluding hydrogens is 312 g/mol. The first-order valence-corrected chi connectivity index (χ1v) is 8.21. The second-order valence-corrected chi connectivity index (χ2v) is 5.74. The topological polar surface area (TPSA) is 43.4 Å². The second-order valence-electron chi connectivity index (χ2n) is 5.74. The summed E-state index contributed by atoms with van der Waals surface area (Å²) >= 11 is 0. The summed E-state index contributed by atoms with van der Waals surface area (Å²) in [6.07, 6.45) is 1.77. The lowest BCUT2D eigenvalue weighted by Crippen LogP contribution is -2.03. The summed E-state index contributed by atoms with van der Waals surface area (Å²) in [7, 11) is 3.58. The number of hydrogen-bond acceptors (Lipinski definition) is 4. The molecule has 0 radical (unpaired) electrons. The van der Waals surface area contributed by atoms with E-state index < -0.39 is 0 Å². The van der Waals surface area contributed by atoms with Crippen molar-refractivity contribution in [3.8, 4) is 22.8 Å². The van der Waals surface area contributed by atoms with Gasteiger partial charge in [-0.15, -0.1) is 0 Å². The Morgan fingerprint density at radius 3 is 2.52 bits per heavy atom. The Morgan fingerprint density at radius 1 is 1.00 bits per heavy atom. The molecule has 1 heterocycles. The molecule has 4 nitrogen and oxygen atoms in total. The van der Waals surface area contributed by atoms with Crippen molar-refractivity contribution < 1.29 is 9.47 Å². The molecule has 1 aromatic heterocycles. The number of aromatic nitrogens is 1. The molecule has 2 aromatic carbocycles. The lowest BCUT2D eigenvalue weighted by atomic mass is 10.1. The maximum atomic E-state index is 6.02. The van der Waals surface area contributed by atoms with Gasteiger partial charge in [0.15, 0.2) is 0 Å². The van der Waals surface area contributed by atoms with Gasteiger partial charge in [-0.05, 0) is 48.9 Å². The predicted molar refractivity (Wildman–Crippen MR) is 101 cm³/mol. The Labute approximate surface area is 148 Å². The molecule has 0 saturated carbocycles. The van der Waals surface area contributed by atoms with Gasteiger partial charge in [0.2, 0.25) is 0 Å². The monoisotopic (exact) mass is 334 g/mol. The van der Waals surface area contributed by atoms with E-state index in [0.717, 1.165) is 34.0 Å². The number of pyridine rings is 1. The second kappa shape index (κ2) is 7.71. The number of hydrogen-bond donors (Lipinski definition) is 1. The van der Waals surface area contributed by atoms with Gasteiger partial charge in [-0.25, -0.2) is 0 Å². The maximum absolute atomic E-state index is 6.02. The van der Waals surface area contributed by atoms with Gasteiger partial charge in [-0.3, -0.25) is 4.98 Å². The summed E-state index contributed by atoms with van der Waals surface area (Å²) in [6.45, 7) is 2.60. The van der Waals surface area contributed by atoms with Crippen LogP contribution < -0.4 is 14.8 Å². The highest BCUT2D eigenvalue weighted by atomic mass is 16.5. The summed E-state index contributed by atoms with van der Waals surface area (Å²) < 4.78 is 11.2. The average Bonchev–Trinajstić information content (AvgIpc) is 2.67. The summed E-state index contributed by atoms with van der Waals surface area (Å²) in [5, 5.41) is 3.22. The Bertz CT molecular complexity index is 845. The molecule has 1 N–H and O–H groups in total. The highest BCUT2D eigenvalue weighted by Crippen LogP contribution is 2.25. The fourth-order valence-corrected chi connectivity index (χ4v) is 2.70. The van der Waals surface area contributed by atoms with E-state index in [4.69, 9.17) is 9.47 Å². The third-order valence-electron chi connectivity index (χ3n) is 4.18. The van der Waals surface area contributed by atoms with Crippen LogP contribution in [0.2, 0.25) is 0 Å². The van der Waals surface area contributed by atoms with E-state index in [9.17, 15) is 0 Å². The third-order valence-corrected chi connectivity index (χ3v) is 4.18. The molecule has 0 unspecified atom stereocenters. The molecular formula is C21H22N2O2. The lowest BCUT2D eigenvalue weighted by Gasteiger charge is -2.14. The van der Waals surface area contributed by atoms with Gasteiger partial charge in [-0.2, -0.15) is 0 Å². The first kappa shape index (κ1) is 16.8.